The quantitative estimate of drug-likeness (QED) is 0.193. The zero-order valence-corrected chi connectivity index (χ0v) is 38.3. The topological polar surface area (TPSA) is 98.0 Å². The molecule has 0 saturated heterocycles. The van der Waals surface area contributed by atoms with Crippen molar-refractivity contribution in [1.29, 1.82) is 0 Å². The molecular weight excluding hydrogens is 705 g/mol. The van der Waals surface area contributed by atoms with Crippen molar-refractivity contribution in [1.82, 2.24) is 0 Å². The number of allylic oxidation sites excluding steroid dienone is 1. The summed E-state index contributed by atoms with van der Waals surface area (Å²) < 4.78 is 0. The Morgan fingerprint density at radius 2 is 1.02 bits per heavy atom. The molecule has 4 N–H and O–H groups in total. The second kappa shape index (κ2) is 16.4. The summed E-state index contributed by atoms with van der Waals surface area (Å²) in [4.78, 5) is 11.8. The minimum atomic E-state index is -0.641. The van der Waals surface area contributed by atoms with Gasteiger partial charge in [-0.15, -0.1) is 0 Å². The van der Waals surface area contributed by atoms with Crippen molar-refractivity contribution in [2.45, 2.75) is 184 Å². The van der Waals surface area contributed by atoms with E-state index >= 15 is 0 Å². The minimum absolute atomic E-state index is 0.0867. The summed E-state index contributed by atoms with van der Waals surface area (Å²) in [6.07, 6.45) is 23.9. The van der Waals surface area contributed by atoms with Gasteiger partial charge in [-0.25, -0.2) is 0 Å². The van der Waals surface area contributed by atoms with Crippen LogP contribution >= 0.6 is 0 Å². The number of rotatable bonds is 7. The van der Waals surface area contributed by atoms with Crippen molar-refractivity contribution >= 4 is 5.97 Å². The number of hydrogen-bond acceptors (Lipinski definition) is 4. The lowest BCUT2D eigenvalue weighted by atomic mass is 9.41. The van der Waals surface area contributed by atoms with Crippen molar-refractivity contribution < 1.29 is 25.2 Å². The molecule has 8 saturated carbocycles. The van der Waals surface area contributed by atoms with Gasteiger partial charge in [0.15, 0.2) is 0 Å². The van der Waals surface area contributed by atoms with E-state index in [2.05, 4.69) is 68.4 Å². The van der Waals surface area contributed by atoms with Crippen LogP contribution in [-0.4, -0.2) is 45.2 Å². The zero-order chi connectivity index (χ0) is 41.4. The highest BCUT2D eigenvalue weighted by Gasteiger charge is 2.66. The normalized spacial score (nSPS) is 53.8. The molecule has 8 rings (SSSR count). The fourth-order valence-corrected chi connectivity index (χ4v) is 18.7. The summed E-state index contributed by atoms with van der Waals surface area (Å²) in [5.74, 6) is 7.90. The highest BCUT2D eigenvalue weighted by molar-refractivity contribution is 5.70. The first-order valence-corrected chi connectivity index (χ1v) is 24.8. The Balaban J connectivity index is 0.000000174. The molecule has 8 fully saturated rings. The summed E-state index contributed by atoms with van der Waals surface area (Å²) in [6.45, 7) is 24.0. The van der Waals surface area contributed by atoms with E-state index in [0.29, 0.717) is 75.4 Å². The molecule has 0 unspecified atom stereocenters. The number of carboxylic acid groups (broad SMARTS) is 1. The molecule has 8 aliphatic carbocycles. The summed E-state index contributed by atoms with van der Waals surface area (Å²) in [7, 11) is 0. The Kier molecular flexibility index (Phi) is 12.7. The van der Waals surface area contributed by atoms with Crippen LogP contribution in [0.1, 0.15) is 172 Å². The Hall–Kier alpha value is -0.910. The van der Waals surface area contributed by atoms with Gasteiger partial charge in [-0.2, -0.15) is 0 Å². The Morgan fingerprint density at radius 3 is 1.44 bits per heavy atom. The molecule has 8 aliphatic rings. The first kappa shape index (κ1) is 44.2. The molecule has 5 nitrogen and oxygen atoms in total. The van der Waals surface area contributed by atoms with Crippen LogP contribution in [0.2, 0.25) is 0 Å². The van der Waals surface area contributed by atoms with E-state index in [0.717, 1.165) is 55.8 Å². The number of hydrogen-bond donors (Lipinski definition) is 4. The predicted octanol–water partition coefficient (Wildman–Crippen LogP) is 11.7. The van der Waals surface area contributed by atoms with Crippen LogP contribution in [0.15, 0.2) is 12.2 Å². The summed E-state index contributed by atoms with van der Waals surface area (Å²) in [5, 5.41) is 42.4. The maximum atomic E-state index is 11.8. The van der Waals surface area contributed by atoms with E-state index in [1.165, 1.54) is 70.6 Å². The number of aliphatic hydroxyl groups is 3. The average Bonchev–Trinajstić information content (AvgIpc) is 3.72. The first-order chi connectivity index (χ1) is 26.9. The van der Waals surface area contributed by atoms with E-state index in [1.807, 2.05) is 13.0 Å². The monoisotopic (exact) mass is 793 g/mol. The Bertz CT molecular complexity index is 1440. The van der Waals surface area contributed by atoms with Gasteiger partial charge in [0.05, 0.1) is 24.7 Å². The molecule has 0 aliphatic heterocycles. The van der Waals surface area contributed by atoms with Gasteiger partial charge in [0.1, 0.15) is 0 Å². The van der Waals surface area contributed by atoms with Gasteiger partial charge in [-0.05, 0) is 187 Å². The molecule has 0 heterocycles. The third kappa shape index (κ3) is 6.99. The molecule has 0 bridgehead atoms. The molecule has 0 aromatic rings. The third-order valence-corrected chi connectivity index (χ3v) is 21.7. The predicted molar refractivity (Wildman–Crippen MR) is 232 cm³/mol. The summed E-state index contributed by atoms with van der Waals surface area (Å²) >= 11 is 0. The second-order valence-electron chi connectivity index (χ2n) is 23.7. The number of carboxylic acids is 1. The van der Waals surface area contributed by atoms with Crippen molar-refractivity contribution in [3.8, 4) is 0 Å². The van der Waals surface area contributed by atoms with Crippen LogP contribution in [0.5, 0.6) is 0 Å². The maximum Gasteiger partial charge on any atom is 0.306 e. The van der Waals surface area contributed by atoms with Gasteiger partial charge in [-0.1, -0.05) is 107 Å². The van der Waals surface area contributed by atoms with Gasteiger partial charge in [0.25, 0.3) is 0 Å². The van der Waals surface area contributed by atoms with E-state index in [9.17, 15) is 25.2 Å². The number of carbonyl (C=O) groups is 1. The lowest BCUT2D eigenvalue weighted by Gasteiger charge is -2.65. The van der Waals surface area contributed by atoms with E-state index < -0.39 is 5.97 Å². The van der Waals surface area contributed by atoms with Gasteiger partial charge in [-0.3, -0.25) is 4.79 Å². The average molecular weight is 793 g/mol. The molecule has 22 atom stereocenters. The molecule has 0 amide bonds. The zero-order valence-electron chi connectivity index (χ0n) is 38.3. The summed E-state index contributed by atoms with van der Waals surface area (Å²) in [6, 6.07) is 0. The number of fused-ring (bicyclic) bond motifs is 10. The van der Waals surface area contributed by atoms with Gasteiger partial charge in [0.2, 0.25) is 0 Å². The standard InChI is InChI=1S/C27H46O2.C25H42O3/c1-6-19-23-16-17(2)11-13-27(23,5)22-12-14-26(4)20(18(3)8-7-15-28)9-10-21(26)24(22)25(19)29;1-6-16-20-13-14(2)9-11-25(20,5)19-10-12-24(4)17(15(3)23(27)28)7-8-18(24)21(19)22(16)26/h7-8,17-25,28-29H,6,9-16H2,1-5H3;14-22,26H,6-13H2,1-5H3,(H,27,28)/b8-7+;/t17-,18-,19-,20-,21+,22+,23+,24+,25-,26-,27-;14-,15+,16-,17-,18+,19+,20+,21+,22-,24-,25-/m11/s1. The molecule has 5 heteroatoms. The van der Waals surface area contributed by atoms with Crippen molar-refractivity contribution in [2.24, 2.45) is 116 Å². The first-order valence-electron chi connectivity index (χ1n) is 24.8. The Morgan fingerprint density at radius 1 is 0.614 bits per heavy atom. The highest BCUT2D eigenvalue weighted by atomic mass is 16.4. The van der Waals surface area contributed by atoms with Crippen LogP contribution in [0, 0.1) is 116 Å². The van der Waals surface area contributed by atoms with E-state index in [-0.39, 0.29) is 36.1 Å². The molecule has 0 spiro atoms. The van der Waals surface area contributed by atoms with Crippen molar-refractivity contribution in [3.05, 3.63) is 12.2 Å². The smallest absolute Gasteiger partial charge is 0.306 e. The second-order valence-corrected chi connectivity index (χ2v) is 23.7. The Labute approximate surface area is 349 Å². The fraction of sp³-hybridized carbons (Fsp3) is 0.942. The third-order valence-electron chi connectivity index (χ3n) is 21.7. The van der Waals surface area contributed by atoms with E-state index in [1.54, 1.807) is 0 Å². The minimum Gasteiger partial charge on any atom is -0.481 e. The highest BCUT2D eigenvalue weighted by Crippen LogP contribution is 2.71. The van der Waals surface area contributed by atoms with Crippen LogP contribution in [0.25, 0.3) is 0 Å². The molecular formula is C52H88O5. The maximum absolute atomic E-state index is 11.8. The van der Waals surface area contributed by atoms with Crippen LogP contribution in [-0.2, 0) is 4.79 Å². The van der Waals surface area contributed by atoms with E-state index in [4.69, 9.17) is 0 Å². The van der Waals surface area contributed by atoms with Crippen LogP contribution < -0.4 is 0 Å². The van der Waals surface area contributed by atoms with Crippen molar-refractivity contribution in [2.75, 3.05) is 6.61 Å². The number of aliphatic carboxylic acids is 1. The molecule has 0 radical (unpaired) electrons. The molecule has 326 valence electrons. The SMILES string of the molecule is CC[C@H]1[C@@H](O)[C@@H]2[C@H](CC[C@]3(C)[C@@H]([C@H](C)/C=C/CO)CC[C@@H]23)[C@@]2(C)CC[C@@H](C)C[C@@H]12.CC[C@H]1[C@@H](O)[C@@H]2[C@H](CC[C@]3(C)[C@@H]([C@H](C)C(=O)O)CC[C@@H]23)[C@@]2(C)CC[C@@H](C)C[C@@H]12. The number of aliphatic hydroxyl groups excluding tert-OH is 3. The van der Waals surface area contributed by atoms with Crippen LogP contribution in [0.4, 0.5) is 0 Å². The molecule has 0 aromatic carbocycles. The van der Waals surface area contributed by atoms with Gasteiger partial charge < -0.3 is 20.4 Å². The lowest BCUT2D eigenvalue weighted by molar-refractivity contribution is -0.199. The summed E-state index contributed by atoms with van der Waals surface area (Å²) in [5.41, 5.74) is 1.25. The molecule has 0 aromatic heterocycles. The van der Waals surface area contributed by atoms with Gasteiger partial charge >= 0.3 is 5.97 Å². The van der Waals surface area contributed by atoms with Gasteiger partial charge in [0, 0.05) is 0 Å². The molecule has 57 heavy (non-hydrogen) atoms. The van der Waals surface area contributed by atoms with Crippen LogP contribution in [0.3, 0.4) is 0 Å². The lowest BCUT2D eigenvalue weighted by Crippen LogP contribution is -2.61. The fourth-order valence-electron chi connectivity index (χ4n) is 18.7. The largest absolute Gasteiger partial charge is 0.481 e. The van der Waals surface area contributed by atoms with Crippen molar-refractivity contribution in [3.63, 3.8) is 0 Å².